The molecule has 1 aromatic heterocycles. The molecule has 5 nitrogen and oxygen atoms in total. The Morgan fingerprint density at radius 2 is 2.05 bits per heavy atom. The number of benzene rings is 1. The summed E-state index contributed by atoms with van der Waals surface area (Å²) in [4.78, 5) is 19.8. The molecule has 3 N–H and O–H groups in total. The van der Waals surface area contributed by atoms with Gasteiger partial charge in [-0.05, 0) is 18.2 Å². The fraction of sp³-hybridized carbons (Fsp3) is 0.154. The number of amides is 1. The number of nitrogens with one attached hydrogen (secondary N) is 1. The highest BCUT2D eigenvalue weighted by Crippen LogP contribution is 2.32. The lowest BCUT2D eigenvalue weighted by Crippen LogP contribution is -2.13. The first kappa shape index (κ1) is 15.9. The van der Waals surface area contributed by atoms with Crippen LogP contribution < -0.4 is 11.1 Å². The average Bonchev–Trinajstić information content (AvgIpc) is 2.44. The zero-order chi connectivity index (χ0) is 15.2. The van der Waals surface area contributed by atoms with Gasteiger partial charge < -0.3 is 11.1 Å². The molecule has 0 unspecified atom stereocenters. The second-order valence-corrected chi connectivity index (χ2v) is 5.98. The summed E-state index contributed by atoms with van der Waals surface area (Å²) in [5, 5.41) is 4.14. The number of aromatic nitrogens is 2. The Morgan fingerprint density at radius 3 is 2.67 bits per heavy atom. The normalized spacial score (nSPS) is 10.4. The van der Waals surface area contributed by atoms with Crippen molar-refractivity contribution in [3.8, 4) is 0 Å². The van der Waals surface area contributed by atoms with Gasteiger partial charge in [-0.3, -0.25) is 4.79 Å². The molecule has 0 saturated heterocycles. The highest BCUT2D eigenvalue weighted by Gasteiger charge is 2.11. The summed E-state index contributed by atoms with van der Waals surface area (Å²) >= 11 is 13.5. The molecule has 1 aromatic carbocycles. The molecule has 0 radical (unpaired) electrons. The molecule has 8 heteroatoms. The van der Waals surface area contributed by atoms with E-state index in [-0.39, 0.29) is 5.91 Å². The van der Waals surface area contributed by atoms with E-state index in [0.29, 0.717) is 33.6 Å². The Hall–Kier alpha value is -1.50. The Kier molecular flexibility index (Phi) is 5.67. The van der Waals surface area contributed by atoms with Gasteiger partial charge in [0.15, 0.2) is 0 Å². The zero-order valence-corrected chi connectivity index (χ0v) is 13.2. The van der Waals surface area contributed by atoms with Gasteiger partial charge in [0.05, 0.1) is 20.8 Å². The van der Waals surface area contributed by atoms with Crippen LogP contribution in [-0.2, 0) is 4.79 Å². The maximum atomic E-state index is 11.9. The number of nitrogens with zero attached hydrogens (tertiary/aromatic N) is 2. The molecule has 0 bridgehead atoms. The van der Waals surface area contributed by atoms with Gasteiger partial charge in [-0.2, -0.15) is 0 Å². The largest absolute Gasteiger partial charge is 0.399 e. The zero-order valence-electron chi connectivity index (χ0n) is 10.8. The van der Waals surface area contributed by atoms with Crippen LogP contribution in [0.2, 0.25) is 10.0 Å². The molecular weight excluding hydrogens is 331 g/mol. The molecule has 1 heterocycles. The molecule has 0 aliphatic carbocycles. The first-order valence-corrected chi connectivity index (χ1v) is 7.73. The molecule has 21 heavy (non-hydrogen) atoms. The van der Waals surface area contributed by atoms with Crippen LogP contribution in [0.5, 0.6) is 0 Å². The van der Waals surface area contributed by atoms with E-state index >= 15 is 0 Å². The summed E-state index contributed by atoms with van der Waals surface area (Å²) in [7, 11) is 0. The van der Waals surface area contributed by atoms with Crippen molar-refractivity contribution in [3.63, 3.8) is 0 Å². The van der Waals surface area contributed by atoms with Gasteiger partial charge in [-0.1, -0.05) is 23.2 Å². The van der Waals surface area contributed by atoms with E-state index in [1.807, 2.05) is 0 Å². The number of rotatable bonds is 5. The lowest BCUT2D eigenvalue weighted by atomic mass is 10.2. The second kappa shape index (κ2) is 7.49. The van der Waals surface area contributed by atoms with E-state index in [1.165, 1.54) is 18.1 Å². The van der Waals surface area contributed by atoms with Crippen molar-refractivity contribution in [2.45, 2.75) is 11.4 Å². The third kappa shape index (κ3) is 4.77. The molecule has 110 valence electrons. The van der Waals surface area contributed by atoms with Gasteiger partial charge in [0, 0.05) is 24.1 Å². The molecule has 1 amide bonds. The van der Waals surface area contributed by atoms with Gasteiger partial charge in [0.25, 0.3) is 0 Å². The number of carbonyl (C=O) groups is 1. The molecule has 0 fully saturated rings. The van der Waals surface area contributed by atoms with Crippen LogP contribution in [-0.4, -0.2) is 21.6 Å². The topological polar surface area (TPSA) is 80.9 Å². The number of hydrogen-bond acceptors (Lipinski definition) is 5. The highest BCUT2D eigenvalue weighted by atomic mass is 35.5. The third-order valence-corrected chi connectivity index (χ3v) is 4.00. The summed E-state index contributed by atoms with van der Waals surface area (Å²) in [6.07, 6.45) is 3.44. The molecule has 0 atom stereocenters. The van der Waals surface area contributed by atoms with Crippen LogP contribution in [0.4, 0.5) is 11.4 Å². The van der Waals surface area contributed by atoms with Gasteiger partial charge >= 0.3 is 0 Å². The monoisotopic (exact) mass is 342 g/mol. The summed E-state index contributed by atoms with van der Waals surface area (Å²) in [6, 6.07) is 4.87. The predicted molar refractivity (Wildman–Crippen MR) is 86.9 cm³/mol. The van der Waals surface area contributed by atoms with Crippen LogP contribution in [0.15, 0.2) is 35.7 Å². The first-order chi connectivity index (χ1) is 10.1. The lowest BCUT2D eigenvalue weighted by molar-refractivity contribution is -0.115. The first-order valence-electron chi connectivity index (χ1n) is 5.99. The number of nitrogen functional groups attached to an aromatic ring is 1. The summed E-state index contributed by atoms with van der Waals surface area (Å²) in [5.74, 6) is 0.415. The molecule has 0 spiro atoms. The second-order valence-electron chi connectivity index (χ2n) is 4.05. The molecule has 0 saturated carbocycles. The van der Waals surface area contributed by atoms with Gasteiger partial charge in [-0.15, -0.1) is 11.8 Å². The number of nitrogens with two attached hydrogens (primary N) is 1. The molecular formula is C13H12Cl2N4OS. The van der Waals surface area contributed by atoms with Crippen molar-refractivity contribution in [3.05, 3.63) is 40.8 Å². The fourth-order valence-electron chi connectivity index (χ4n) is 1.53. The smallest absolute Gasteiger partial charge is 0.225 e. The average molecular weight is 343 g/mol. The van der Waals surface area contributed by atoms with Crippen LogP contribution in [0, 0.1) is 0 Å². The van der Waals surface area contributed by atoms with Crippen LogP contribution in [0.25, 0.3) is 0 Å². The minimum Gasteiger partial charge on any atom is -0.399 e. The van der Waals surface area contributed by atoms with E-state index in [1.54, 1.807) is 24.4 Å². The van der Waals surface area contributed by atoms with Crippen molar-refractivity contribution < 1.29 is 4.79 Å². The summed E-state index contributed by atoms with van der Waals surface area (Å²) in [6.45, 7) is 0. The molecule has 2 aromatic rings. The van der Waals surface area contributed by atoms with Gasteiger partial charge in [0.1, 0.15) is 6.33 Å². The summed E-state index contributed by atoms with van der Waals surface area (Å²) in [5.41, 5.74) is 6.43. The van der Waals surface area contributed by atoms with E-state index in [2.05, 4.69) is 15.3 Å². The number of halogens is 2. The number of thioether (sulfide) groups is 1. The van der Waals surface area contributed by atoms with Crippen molar-refractivity contribution in [2.24, 2.45) is 0 Å². The third-order valence-electron chi connectivity index (χ3n) is 2.46. The van der Waals surface area contributed by atoms with Crippen molar-refractivity contribution in [1.29, 1.82) is 0 Å². The minimum absolute atomic E-state index is 0.176. The Balaban J connectivity index is 1.88. The van der Waals surface area contributed by atoms with Crippen LogP contribution in [0.1, 0.15) is 6.42 Å². The van der Waals surface area contributed by atoms with Crippen molar-refractivity contribution in [2.75, 3.05) is 16.8 Å². The van der Waals surface area contributed by atoms with Crippen molar-refractivity contribution >= 4 is 52.2 Å². The molecule has 0 aliphatic rings. The Labute approximate surface area is 136 Å². The van der Waals surface area contributed by atoms with E-state index < -0.39 is 0 Å². The predicted octanol–water partition coefficient (Wildman–Crippen LogP) is 3.49. The number of anilines is 2. The fourth-order valence-corrected chi connectivity index (χ4v) is 2.90. The standard InChI is InChI=1S/C13H12Cl2N4OS/c14-9-5-8(16)6-10(15)13(9)19-11(20)2-4-21-12-1-3-17-7-18-12/h1,3,5-7H,2,4,16H2,(H,19,20). The van der Waals surface area contributed by atoms with E-state index in [0.717, 1.165) is 5.03 Å². The van der Waals surface area contributed by atoms with Crippen molar-refractivity contribution in [1.82, 2.24) is 9.97 Å². The minimum atomic E-state index is -0.176. The van der Waals surface area contributed by atoms with Gasteiger partial charge in [-0.25, -0.2) is 9.97 Å². The number of carbonyl (C=O) groups excluding carboxylic acids is 1. The maximum Gasteiger partial charge on any atom is 0.225 e. The van der Waals surface area contributed by atoms with Crippen LogP contribution >= 0.6 is 35.0 Å². The quantitative estimate of drug-likeness (QED) is 0.493. The van der Waals surface area contributed by atoms with E-state index in [9.17, 15) is 4.79 Å². The Morgan fingerprint density at radius 1 is 1.33 bits per heavy atom. The highest BCUT2D eigenvalue weighted by molar-refractivity contribution is 7.99. The molecule has 2 rings (SSSR count). The summed E-state index contributed by atoms with van der Waals surface area (Å²) < 4.78 is 0. The lowest BCUT2D eigenvalue weighted by Gasteiger charge is -2.10. The Bertz CT molecular complexity index is 616. The van der Waals surface area contributed by atoms with E-state index in [4.69, 9.17) is 28.9 Å². The number of hydrogen-bond donors (Lipinski definition) is 2. The maximum absolute atomic E-state index is 11.9. The molecule has 0 aliphatic heterocycles. The SMILES string of the molecule is Nc1cc(Cl)c(NC(=O)CCSc2ccncn2)c(Cl)c1. The van der Waals surface area contributed by atoms with Gasteiger partial charge in [0.2, 0.25) is 5.91 Å². The van der Waals surface area contributed by atoms with Crippen LogP contribution in [0.3, 0.4) is 0 Å².